The molecule has 9 heteroatoms. The van der Waals surface area contributed by atoms with Crippen LogP contribution in [-0.4, -0.2) is 86.4 Å². The van der Waals surface area contributed by atoms with Crippen LogP contribution in [-0.2, 0) is 9.53 Å². The van der Waals surface area contributed by atoms with Gasteiger partial charge in [-0.25, -0.2) is 0 Å². The van der Waals surface area contributed by atoms with Gasteiger partial charge in [-0.1, -0.05) is 12.8 Å². The fourth-order valence-corrected chi connectivity index (χ4v) is 7.04. The molecule has 196 valence electrons. The van der Waals surface area contributed by atoms with Gasteiger partial charge in [0.25, 0.3) is 0 Å². The predicted molar refractivity (Wildman–Crippen MR) is 137 cm³/mol. The molecule has 1 spiro atoms. The molecule has 1 aliphatic carbocycles. The van der Waals surface area contributed by atoms with E-state index in [9.17, 15) is 4.79 Å². The van der Waals surface area contributed by atoms with Crippen LogP contribution in [0.15, 0.2) is 0 Å². The number of nitrogens with two attached hydrogens (primary N) is 2. The number of hydrogen-bond donors (Lipinski definition) is 5. The molecule has 1 saturated carbocycles. The minimum Gasteiger partial charge on any atom is -0.371 e. The number of carbonyl (C=O) groups is 1. The number of likely N-dealkylation sites (tertiary alicyclic amines) is 1. The molecule has 6 atom stereocenters. The predicted octanol–water partition coefficient (Wildman–Crippen LogP) is 1.11. The Labute approximate surface area is 210 Å². The van der Waals surface area contributed by atoms with Crippen LogP contribution in [0, 0.1) is 11.3 Å². The topological polar surface area (TPSA) is 118 Å². The average Bonchev–Trinajstić information content (AvgIpc) is 3.25. The van der Waals surface area contributed by atoms with Crippen LogP contribution in [0.5, 0.6) is 0 Å². The van der Waals surface area contributed by atoms with Crippen molar-refractivity contribution < 1.29 is 9.53 Å². The second kappa shape index (κ2) is 12.2. The van der Waals surface area contributed by atoms with Gasteiger partial charge in [0.15, 0.2) is 0 Å². The number of likely N-dealkylation sites (N-methyl/N-ethyl adjacent to an activating group) is 1. The molecule has 3 aliphatic heterocycles. The highest BCUT2D eigenvalue weighted by Crippen LogP contribution is 2.47. The zero-order chi connectivity index (χ0) is 24.1. The lowest BCUT2D eigenvalue weighted by Crippen LogP contribution is -2.62. The number of halogens is 1. The number of nitrogens with zero attached hydrogens (tertiary/aromatic N) is 1. The smallest absolute Gasteiger partial charge is 0.227 e. The maximum atomic E-state index is 13.7. The van der Waals surface area contributed by atoms with Crippen molar-refractivity contribution in [3.05, 3.63) is 0 Å². The van der Waals surface area contributed by atoms with Gasteiger partial charge in [0, 0.05) is 31.1 Å². The first-order valence-electron chi connectivity index (χ1n) is 13.6. The summed E-state index contributed by atoms with van der Waals surface area (Å²) in [4.78, 5) is 16.0. The van der Waals surface area contributed by atoms with Crippen LogP contribution in [0.3, 0.4) is 0 Å². The number of carbonyl (C=O) groups excluding carboxylic acids is 1. The van der Waals surface area contributed by atoms with E-state index in [1.54, 1.807) is 0 Å². The summed E-state index contributed by atoms with van der Waals surface area (Å²) in [6.45, 7) is 4.38. The molecule has 4 fully saturated rings. The van der Waals surface area contributed by atoms with Gasteiger partial charge < -0.3 is 37.1 Å². The summed E-state index contributed by atoms with van der Waals surface area (Å²) >= 11 is 6.61. The van der Waals surface area contributed by atoms with Gasteiger partial charge in [-0.3, -0.25) is 4.79 Å². The molecular formula is C25H47ClN6O2. The minimum atomic E-state index is -0.730. The molecule has 7 N–H and O–H groups in total. The van der Waals surface area contributed by atoms with Gasteiger partial charge in [-0.15, -0.1) is 11.6 Å². The Morgan fingerprint density at radius 2 is 1.94 bits per heavy atom. The number of hydrogen-bond acceptors (Lipinski definition) is 7. The van der Waals surface area contributed by atoms with Gasteiger partial charge in [-0.05, 0) is 76.9 Å². The van der Waals surface area contributed by atoms with E-state index >= 15 is 0 Å². The highest BCUT2D eigenvalue weighted by atomic mass is 35.5. The van der Waals surface area contributed by atoms with Crippen LogP contribution in [0.25, 0.3) is 0 Å². The van der Waals surface area contributed by atoms with Crippen LogP contribution >= 0.6 is 11.6 Å². The van der Waals surface area contributed by atoms with E-state index in [1.807, 2.05) is 0 Å². The van der Waals surface area contributed by atoms with Gasteiger partial charge in [-0.2, -0.15) is 0 Å². The van der Waals surface area contributed by atoms with Crippen molar-refractivity contribution in [1.82, 2.24) is 20.9 Å². The SMILES string of the molecule is CN1CCCC(O[C@@H]2CCNCC2NC(=O)C(C(N)N)C2CC3(CCCC3)CCC(Cl)CN2)C1. The lowest BCUT2D eigenvalue weighted by atomic mass is 9.72. The standard InChI is InChI=1S/C25H47ClN6O2/c1-32-12-4-5-18(16-32)34-21-7-11-29-15-20(21)31-24(33)22(23(27)28)19-13-25(8-2-3-9-25)10-6-17(26)14-30-19/h17-23,29-30H,2-16,27-28H2,1H3,(H,31,33)/t17?,18?,19?,20?,21-,22?/m1/s1. The van der Waals surface area contributed by atoms with Gasteiger partial charge in [0.2, 0.25) is 5.91 Å². The Morgan fingerprint density at radius 3 is 2.68 bits per heavy atom. The molecule has 0 radical (unpaired) electrons. The lowest BCUT2D eigenvalue weighted by molar-refractivity contribution is -0.131. The molecule has 1 amide bonds. The third-order valence-corrected chi connectivity index (χ3v) is 9.12. The summed E-state index contributed by atoms with van der Waals surface area (Å²) in [5.74, 6) is -0.557. The van der Waals surface area contributed by atoms with Crippen LogP contribution < -0.4 is 27.4 Å². The molecule has 0 bridgehead atoms. The van der Waals surface area contributed by atoms with E-state index in [4.69, 9.17) is 27.8 Å². The summed E-state index contributed by atoms with van der Waals surface area (Å²) in [7, 11) is 2.15. The zero-order valence-electron chi connectivity index (χ0n) is 20.9. The van der Waals surface area contributed by atoms with Crippen molar-refractivity contribution in [1.29, 1.82) is 0 Å². The first kappa shape index (κ1) is 26.6. The third kappa shape index (κ3) is 6.84. The van der Waals surface area contributed by atoms with Gasteiger partial charge in [0.05, 0.1) is 30.3 Å². The van der Waals surface area contributed by atoms with E-state index < -0.39 is 12.1 Å². The highest BCUT2D eigenvalue weighted by Gasteiger charge is 2.43. The van der Waals surface area contributed by atoms with Crippen LogP contribution in [0.2, 0.25) is 0 Å². The Bertz CT molecular complexity index is 661. The molecule has 3 heterocycles. The summed E-state index contributed by atoms with van der Waals surface area (Å²) in [6, 6.07) is -0.146. The summed E-state index contributed by atoms with van der Waals surface area (Å²) in [6.07, 6.45) is 10.7. The molecule has 8 nitrogen and oxygen atoms in total. The molecule has 5 unspecified atom stereocenters. The highest BCUT2D eigenvalue weighted by molar-refractivity contribution is 6.20. The fraction of sp³-hybridized carbons (Fsp3) is 0.960. The van der Waals surface area contributed by atoms with Gasteiger partial charge >= 0.3 is 0 Å². The number of nitrogens with one attached hydrogen (secondary N) is 3. The monoisotopic (exact) mass is 498 g/mol. The largest absolute Gasteiger partial charge is 0.371 e. The molecule has 4 aliphatic rings. The number of alkyl halides is 1. The van der Waals surface area contributed by atoms with E-state index in [1.165, 1.54) is 25.7 Å². The molecule has 0 aromatic heterocycles. The normalized spacial score (nSPS) is 36.2. The quantitative estimate of drug-likeness (QED) is 0.275. The molecule has 0 aromatic rings. The number of rotatable bonds is 6. The van der Waals surface area contributed by atoms with Gasteiger partial charge in [0.1, 0.15) is 0 Å². The first-order chi connectivity index (χ1) is 16.3. The maximum absolute atomic E-state index is 13.7. The first-order valence-corrected chi connectivity index (χ1v) is 14.0. The summed E-state index contributed by atoms with van der Waals surface area (Å²) in [5, 5.41) is 10.4. The van der Waals surface area contributed by atoms with Crippen molar-refractivity contribution in [2.24, 2.45) is 22.8 Å². The van der Waals surface area contributed by atoms with Crippen LogP contribution in [0.1, 0.15) is 64.2 Å². The Morgan fingerprint density at radius 1 is 1.15 bits per heavy atom. The Balaban J connectivity index is 1.43. The van der Waals surface area contributed by atoms with Crippen molar-refractivity contribution in [2.45, 2.75) is 100 Å². The van der Waals surface area contributed by atoms with E-state index in [0.29, 0.717) is 13.1 Å². The summed E-state index contributed by atoms with van der Waals surface area (Å²) < 4.78 is 6.54. The van der Waals surface area contributed by atoms with Crippen molar-refractivity contribution in [3.63, 3.8) is 0 Å². The molecule has 0 aromatic carbocycles. The van der Waals surface area contributed by atoms with E-state index in [-0.39, 0.29) is 41.0 Å². The second-order valence-electron chi connectivity index (χ2n) is 11.5. The van der Waals surface area contributed by atoms with Crippen LogP contribution in [0.4, 0.5) is 0 Å². The van der Waals surface area contributed by atoms with E-state index in [2.05, 4.69) is 27.9 Å². The lowest BCUT2D eigenvalue weighted by Gasteiger charge is -2.42. The van der Waals surface area contributed by atoms with Crippen molar-refractivity contribution >= 4 is 17.5 Å². The molecule has 3 saturated heterocycles. The van der Waals surface area contributed by atoms with E-state index in [0.717, 1.165) is 58.2 Å². The number of piperidine rings is 2. The average molecular weight is 499 g/mol. The maximum Gasteiger partial charge on any atom is 0.227 e. The summed E-state index contributed by atoms with van der Waals surface area (Å²) in [5.41, 5.74) is 12.8. The van der Waals surface area contributed by atoms with Crippen molar-refractivity contribution in [3.8, 4) is 0 Å². The van der Waals surface area contributed by atoms with Crippen molar-refractivity contribution in [2.75, 3.05) is 39.8 Å². The number of ether oxygens (including phenoxy) is 1. The second-order valence-corrected chi connectivity index (χ2v) is 12.1. The molecular weight excluding hydrogens is 452 g/mol. The Hall–Kier alpha value is -0.480. The zero-order valence-corrected chi connectivity index (χ0v) is 21.7. The number of amides is 1. The fourth-order valence-electron chi connectivity index (χ4n) is 6.84. The third-order valence-electron chi connectivity index (χ3n) is 8.75. The Kier molecular flexibility index (Phi) is 9.52. The molecule has 4 rings (SSSR count). The minimum absolute atomic E-state index is 0.00929. The molecule has 34 heavy (non-hydrogen) atoms.